The first kappa shape index (κ1) is 31.9. The molecule has 1 saturated heterocycles. The van der Waals surface area contributed by atoms with E-state index < -0.39 is 35.9 Å². The molecule has 218 valence electrons. The molecular formula is C29H46N4O6. The SMILES string of the molecule is CCCC[C@@H](NC(=O)[C@@H](Cc1cccc(OC)c1)NC(=O)[C@@H](NC(=O)N1[C@H](C)CCC[C@@H]1C)C(C)C)C(=O)O. The van der Waals surface area contributed by atoms with Gasteiger partial charge in [-0.3, -0.25) is 9.59 Å². The number of methoxy groups -OCH3 is 1. The Hall–Kier alpha value is -3.30. The van der Waals surface area contributed by atoms with Gasteiger partial charge in [0.05, 0.1) is 7.11 Å². The van der Waals surface area contributed by atoms with Crippen molar-refractivity contribution in [3.63, 3.8) is 0 Å². The molecule has 0 saturated carbocycles. The number of ether oxygens (including phenoxy) is 1. The fraction of sp³-hybridized carbons (Fsp3) is 0.655. The summed E-state index contributed by atoms with van der Waals surface area (Å²) in [6.45, 7) is 9.61. The third-order valence-corrected chi connectivity index (χ3v) is 7.32. The Labute approximate surface area is 232 Å². The molecule has 2 rings (SSSR count). The van der Waals surface area contributed by atoms with Crippen molar-refractivity contribution in [3.05, 3.63) is 29.8 Å². The van der Waals surface area contributed by atoms with Gasteiger partial charge in [-0.2, -0.15) is 0 Å². The number of amides is 4. The number of carbonyl (C=O) groups excluding carboxylic acids is 3. The molecule has 0 radical (unpaired) electrons. The van der Waals surface area contributed by atoms with Gasteiger partial charge in [0.2, 0.25) is 11.8 Å². The number of benzene rings is 1. The zero-order chi connectivity index (χ0) is 29.1. The van der Waals surface area contributed by atoms with Crippen LogP contribution in [0.2, 0.25) is 0 Å². The molecule has 1 aliphatic heterocycles. The first-order valence-corrected chi connectivity index (χ1v) is 14.0. The van der Waals surface area contributed by atoms with E-state index in [-0.39, 0.29) is 36.9 Å². The van der Waals surface area contributed by atoms with Gasteiger partial charge in [0.25, 0.3) is 0 Å². The van der Waals surface area contributed by atoms with Crippen LogP contribution in [0.5, 0.6) is 5.75 Å². The van der Waals surface area contributed by atoms with Crippen molar-refractivity contribution in [3.8, 4) is 5.75 Å². The fourth-order valence-electron chi connectivity index (χ4n) is 5.01. The molecule has 1 aromatic rings. The van der Waals surface area contributed by atoms with E-state index in [0.29, 0.717) is 12.2 Å². The maximum atomic E-state index is 13.5. The summed E-state index contributed by atoms with van der Waals surface area (Å²) < 4.78 is 5.29. The van der Waals surface area contributed by atoms with Crippen LogP contribution in [-0.2, 0) is 20.8 Å². The van der Waals surface area contributed by atoms with Gasteiger partial charge in [-0.05, 0) is 63.1 Å². The number of carbonyl (C=O) groups is 4. The summed E-state index contributed by atoms with van der Waals surface area (Å²) in [5, 5.41) is 17.9. The lowest BCUT2D eigenvalue weighted by molar-refractivity contribution is -0.142. The Morgan fingerprint density at radius 1 is 1.03 bits per heavy atom. The highest BCUT2D eigenvalue weighted by Crippen LogP contribution is 2.23. The van der Waals surface area contributed by atoms with E-state index in [1.165, 1.54) is 7.11 Å². The number of piperidine rings is 1. The predicted molar refractivity (Wildman–Crippen MR) is 149 cm³/mol. The molecule has 1 aromatic carbocycles. The summed E-state index contributed by atoms with van der Waals surface area (Å²) in [4.78, 5) is 53.7. The summed E-state index contributed by atoms with van der Waals surface area (Å²) in [5.41, 5.74) is 0.733. The zero-order valence-corrected chi connectivity index (χ0v) is 24.2. The number of urea groups is 1. The second-order valence-corrected chi connectivity index (χ2v) is 10.9. The van der Waals surface area contributed by atoms with Gasteiger partial charge in [0.15, 0.2) is 0 Å². The topological polar surface area (TPSA) is 137 Å². The van der Waals surface area contributed by atoms with Gasteiger partial charge in [-0.25, -0.2) is 9.59 Å². The minimum atomic E-state index is -1.12. The molecule has 0 unspecified atom stereocenters. The lowest BCUT2D eigenvalue weighted by Gasteiger charge is -2.40. The van der Waals surface area contributed by atoms with Crippen molar-refractivity contribution in [1.29, 1.82) is 0 Å². The number of carboxylic acids is 1. The molecule has 5 atom stereocenters. The van der Waals surface area contributed by atoms with Crippen molar-refractivity contribution in [2.24, 2.45) is 5.92 Å². The molecule has 0 aliphatic carbocycles. The largest absolute Gasteiger partial charge is 0.497 e. The Balaban J connectivity index is 2.26. The number of unbranched alkanes of at least 4 members (excludes halogenated alkanes) is 1. The molecule has 10 heteroatoms. The van der Waals surface area contributed by atoms with E-state index in [1.54, 1.807) is 23.1 Å². The average Bonchev–Trinajstić information content (AvgIpc) is 2.88. The highest BCUT2D eigenvalue weighted by molar-refractivity contribution is 5.93. The quantitative estimate of drug-likeness (QED) is 0.299. The van der Waals surface area contributed by atoms with Gasteiger partial charge in [-0.1, -0.05) is 45.7 Å². The number of rotatable bonds is 13. The summed E-state index contributed by atoms with van der Waals surface area (Å²) in [5.74, 6) is -1.87. The van der Waals surface area contributed by atoms with Crippen LogP contribution in [0.25, 0.3) is 0 Å². The van der Waals surface area contributed by atoms with Crippen LogP contribution in [0, 0.1) is 5.92 Å². The molecule has 0 aromatic heterocycles. The van der Waals surface area contributed by atoms with Gasteiger partial charge < -0.3 is 30.7 Å². The standard InChI is InChI=1S/C29H46N4O6/c1-7-8-15-23(28(36)37)30-26(34)24(17-21-13-10-14-22(16-21)39-6)31-27(35)25(18(2)3)32-29(38)33-19(4)11-9-12-20(33)5/h10,13-14,16,18-20,23-25H,7-9,11-12,15,17H2,1-6H3,(H,30,34)(H,31,35)(H,32,38)(H,36,37)/t19-,20+,23-,24-,25+/m1/s1. The van der Waals surface area contributed by atoms with Crippen LogP contribution in [0.4, 0.5) is 4.79 Å². The van der Waals surface area contributed by atoms with Crippen LogP contribution < -0.4 is 20.7 Å². The lowest BCUT2D eigenvalue weighted by atomic mass is 9.97. The van der Waals surface area contributed by atoms with E-state index >= 15 is 0 Å². The number of aliphatic carboxylic acids is 1. The Morgan fingerprint density at radius 2 is 1.67 bits per heavy atom. The maximum absolute atomic E-state index is 13.5. The molecule has 10 nitrogen and oxygen atoms in total. The molecule has 39 heavy (non-hydrogen) atoms. The average molecular weight is 547 g/mol. The van der Waals surface area contributed by atoms with Crippen molar-refractivity contribution in [2.45, 2.75) is 110 Å². The smallest absolute Gasteiger partial charge is 0.326 e. The number of likely N-dealkylation sites (tertiary alicyclic amines) is 1. The highest BCUT2D eigenvalue weighted by atomic mass is 16.5. The molecule has 1 aliphatic rings. The Kier molecular flexibility index (Phi) is 12.5. The number of nitrogens with one attached hydrogen (secondary N) is 3. The van der Waals surface area contributed by atoms with Crippen molar-refractivity contribution < 1.29 is 29.0 Å². The summed E-state index contributed by atoms with van der Waals surface area (Å²) >= 11 is 0. The molecule has 4 N–H and O–H groups in total. The Bertz CT molecular complexity index is 974. The molecule has 0 bridgehead atoms. The van der Waals surface area contributed by atoms with Crippen molar-refractivity contribution >= 4 is 23.8 Å². The van der Waals surface area contributed by atoms with Gasteiger partial charge >= 0.3 is 12.0 Å². The number of hydrogen-bond acceptors (Lipinski definition) is 5. The zero-order valence-electron chi connectivity index (χ0n) is 24.2. The third kappa shape index (κ3) is 9.44. The second-order valence-electron chi connectivity index (χ2n) is 10.9. The third-order valence-electron chi connectivity index (χ3n) is 7.32. The minimum Gasteiger partial charge on any atom is -0.497 e. The van der Waals surface area contributed by atoms with Crippen LogP contribution in [-0.4, -0.2) is 71.1 Å². The van der Waals surface area contributed by atoms with Gasteiger partial charge in [-0.15, -0.1) is 0 Å². The van der Waals surface area contributed by atoms with Gasteiger partial charge in [0.1, 0.15) is 23.9 Å². The first-order chi connectivity index (χ1) is 18.5. The molecule has 1 heterocycles. The molecule has 1 fully saturated rings. The summed E-state index contributed by atoms with van der Waals surface area (Å²) in [6, 6.07) is 3.95. The molecular weight excluding hydrogens is 500 g/mol. The number of hydrogen-bond donors (Lipinski definition) is 4. The van der Waals surface area contributed by atoms with Crippen molar-refractivity contribution in [2.75, 3.05) is 7.11 Å². The fourth-order valence-corrected chi connectivity index (χ4v) is 5.01. The van der Waals surface area contributed by atoms with Crippen molar-refractivity contribution in [1.82, 2.24) is 20.9 Å². The normalized spacial score (nSPS) is 19.5. The van der Waals surface area contributed by atoms with E-state index in [9.17, 15) is 24.3 Å². The predicted octanol–water partition coefficient (Wildman–Crippen LogP) is 3.48. The van der Waals surface area contributed by atoms with E-state index in [1.807, 2.05) is 40.7 Å². The van der Waals surface area contributed by atoms with E-state index in [0.717, 1.165) is 31.2 Å². The molecule has 0 spiro atoms. The van der Waals surface area contributed by atoms with Crippen LogP contribution in [0.1, 0.15) is 78.7 Å². The maximum Gasteiger partial charge on any atom is 0.326 e. The highest BCUT2D eigenvalue weighted by Gasteiger charge is 2.34. The van der Waals surface area contributed by atoms with E-state index in [2.05, 4.69) is 16.0 Å². The summed E-state index contributed by atoms with van der Waals surface area (Å²) in [6.07, 6.45) is 4.69. The molecule has 4 amide bonds. The number of nitrogens with zero attached hydrogens (tertiary/aromatic N) is 1. The van der Waals surface area contributed by atoms with Gasteiger partial charge in [0, 0.05) is 18.5 Å². The summed E-state index contributed by atoms with van der Waals surface area (Å²) in [7, 11) is 1.54. The lowest BCUT2D eigenvalue weighted by Crippen LogP contribution is -2.60. The first-order valence-electron chi connectivity index (χ1n) is 14.0. The van der Waals surface area contributed by atoms with Crippen LogP contribution in [0.15, 0.2) is 24.3 Å². The monoisotopic (exact) mass is 546 g/mol. The Morgan fingerprint density at radius 3 is 2.23 bits per heavy atom. The van der Waals surface area contributed by atoms with Crippen LogP contribution in [0.3, 0.4) is 0 Å². The van der Waals surface area contributed by atoms with Crippen LogP contribution >= 0.6 is 0 Å². The second kappa shape index (κ2) is 15.3. The number of carboxylic acid groups (broad SMARTS) is 1. The minimum absolute atomic E-state index is 0.0623. The van der Waals surface area contributed by atoms with E-state index in [4.69, 9.17) is 4.74 Å².